The second-order valence-corrected chi connectivity index (χ2v) is 8.39. The van der Waals surface area contributed by atoms with Crippen LogP contribution in [0.3, 0.4) is 0 Å². The predicted octanol–water partition coefficient (Wildman–Crippen LogP) is 5.60. The lowest BCUT2D eigenvalue weighted by Gasteiger charge is -2.28. The van der Waals surface area contributed by atoms with Crippen LogP contribution in [0.4, 0.5) is 5.69 Å². The molecule has 1 heterocycles. The SMILES string of the molecule is COc1cc(/C(O)=C2\C(=O)C(=O)N(c3cccc(C)c3C)C2c2ccccc2OC)ccc1Cl. The summed E-state index contributed by atoms with van der Waals surface area (Å²) in [5, 5.41) is 11.7. The number of carbonyl (C=O) groups is 2. The van der Waals surface area contributed by atoms with Crippen LogP contribution in [0.15, 0.2) is 66.2 Å². The van der Waals surface area contributed by atoms with Gasteiger partial charge in [0.2, 0.25) is 0 Å². The molecule has 1 aliphatic rings. The van der Waals surface area contributed by atoms with Crippen molar-refractivity contribution < 1.29 is 24.2 Å². The van der Waals surface area contributed by atoms with Gasteiger partial charge in [-0.25, -0.2) is 0 Å². The number of rotatable bonds is 5. The minimum absolute atomic E-state index is 0.0419. The molecule has 0 saturated carbocycles. The van der Waals surface area contributed by atoms with E-state index in [1.54, 1.807) is 42.5 Å². The lowest BCUT2D eigenvalue weighted by molar-refractivity contribution is -0.132. The van der Waals surface area contributed by atoms with Crippen molar-refractivity contribution in [2.24, 2.45) is 0 Å². The molecule has 1 fully saturated rings. The average molecular weight is 478 g/mol. The topological polar surface area (TPSA) is 76.1 Å². The maximum Gasteiger partial charge on any atom is 0.300 e. The fourth-order valence-corrected chi connectivity index (χ4v) is 4.42. The smallest absolute Gasteiger partial charge is 0.300 e. The molecule has 0 bridgehead atoms. The summed E-state index contributed by atoms with van der Waals surface area (Å²) in [6, 6.07) is 16.5. The highest BCUT2D eigenvalue weighted by Crippen LogP contribution is 2.46. The van der Waals surface area contributed by atoms with Gasteiger partial charge in [0.15, 0.2) is 0 Å². The van der Waals surface area contributed by atoms with Gasteiger partial charge in [0.25, 0.3) is 11.7 Å². The number of nitrogens with zero attached hydrogens (tertiary/aromatic N) is 1. The predicted molar refractivity (Wildman–Crippen MR) is 132 cm³/mol. The first-order chi connectivity index (χ1) is 16.3. The lowest BCUT2D eigenvalue weighted by atomic mass is 9.94. The molecule has 0 spiro atoms. The maximum absolute atomic E-state index is 13.4. The number of aliphatic hydroxyl groups excluding tert-OH is 1. The molecule has 1 N–H and O–H groups in total. The van der Waals surface area contributed by atoms with Crippen molar-refractivity contribution in [2.75, 3.05) is 19.1 Å². The number of ketones is 1. The molecule has 3 aromatic carbocycles. The highest BCUT2D eigenvalue weighted by Gasteiger charge is 2.48. The minimum atomic E-state index is -0.904. The number of benzene rings is 3. The van der Waals surface area contributed by atoms with Gasteiger partial charge < -0.3 is 14.6 Å². The number of aliphatic hydroxyl groups is 1. The fraction of sp³-hybridized carbons (Fsp3) is 0.185. The first-order valence-electron chi connectivity index (χ1n) is 10.6. The Morgan fingerprint density at radius 2 is 1.65 bits per heavy atom. The monoisotopic (exact) mass is 477 g/mol. The van der Waals surface area contributed by atoms with Gasteiger partial charge in [-0.1, -0.05) is 41.9 Å². The van der Waals surface area contributed by atoms with Crippen molar-refractivity contribution in [3.63, 3.8) is 0 Å². The number of amides is 1. The van der Waals surface area contributed by atoms with Crippen LogP contribution >= 0.6 is 11.6 Å². The first-order valence-corrected chi connectivity index (χ1v) is 11.0. The standard InChI is InChI=1S/C27H24ClNO5/c1-15-8-7-10-20(16(15)2)29-24(18-9-5-6-11-21(18)33-3)23(26(31)27(29)32)25(30)17-12-13-19(28)22(14-17)34-4/h5-14,24,30H,1-4H3/b25-23+. The van der Waals surface area contributed by atoms with Gasteiger partial charge in [-0.2, -0.15) is 0 Å². The van der Waals surface area contributed by atoms with Gasteiger partial charge >= 0.3 is 0 Å². The van der Waals surface area contributed by atoms with E-state index in [9.17, 15) is 14.7 Å². The van der Waals surface area contributed by atoms with Crippen LogP contribution in [0, 0.1) is 13.8 Å². The summed E-state index contributed by atoms with van der Waals surface area (Å²) in [5.41, 5.74) is 3.26. The van der Waals surface area contributed by atoms with Crippen molar-refractivity contribution >= 4 is 34.7 Å². The van der Waals surface area contributed by atoms with Crippen LogP contribution in [0.5, 0.6) is 11.5 Å². The molecule has 6 nitrogen and oxygen atoms in total. The number of hydrogen-bond donors (Lipinski definition) is 1. The van der Waals surface area contributed by atoms with E-state index in [4.69, 9.17) is 21.1 Å². The van der Waals surface area contributed by atoms with Gasteiger partial charge in [0.1, 0.15) is 17.3 Å². The third-order valence-corrected chi connectivity index (χ3v) is 6.45. The third kappa shape index (κ3) is 3.80. The van der Waals surface area contributed by atoms with Gasteiger partial charge in [0.05, 0.1) is 30.9 Å². The number of carbonyl (C=O) groups excluding carboxylic acids is 2. The van der Waals surface area contributed by atoms with Crippen molar-refractivity contribution in [1.29, 1.82) is 0 Å². The van der Waals surface area contributed by atoms with Crippen molar-refractivity contribution in [3.05, 3.63) is 93.5 Å². The summed E-state index contributed by atoms with van der Waals surface area (Å²) >= 11 is 6.14. The van der Waals surface area contributed by atoms with E-state index in [-0.39, 0.29) is 11.3 Å². The summed E-state index contributed by atoms with van der Waals surface area (Å²) < 4.78 is 10.8. The highest BCUT2D eigenvalue weighted by atomic mass is 35.5. The number of para-hydroxylation sites is 1. The number of ether oxygens (including phenoxy) is 2. The molecule has 4 rings (SSSR count). The zero-order valence-corrected chi connectivity index (χ0v) is 20.0. The number of aryl methyl sites for hydroxylation is 1. The van der Waals surface area contributed by atoms with Crippen molar-refractivity contribution in [3.8, 4) is 11.5 Å². The Balaban J connectivity index is 2.02. The van der Waals surface area contributed by atoms with E-state index < -0.39 is 17.7 Å². The molecule has 1 unspecified atom stereocenters. The fourth-order valence-electron chi connectivity index (χ4n) is 4.23. The first kappa shape index (κ1) is 23.4. The molecule has 3 aromatic rings. The highest BCUT2D eigenvalue weighted by molar-refractivity contribution is 6.52. The van der Waals surface area contributed by atoms with E-state index in [0.29, 0.717) is 33.3 Å². The molecule has 1 amide bonds. The van der Waals surface area contributed by atoms with E-state index in [1.165, 1.54) is 25.2 Å². The Kier molecular flexibility index (Phi) is 6.35. The largest absolute Gasteiger partial charge is 0.507 e. The van der Waals surface area contributed by atoms with E-state index in [2.05, 4.69) is 0 Å². The van der Waals surface area contributed by atoms with E-state index in [0.717, 1.165) is 11.1 Å². The van der Waals surface area contributed by atoms with Crippen molar-refractivity contribution in [2.45, 2.75) is 19.9 Å². The quantitative estimate of drug-likeness (QED) is 0.294. The third-order valence-electron chi connectivity index (χ3n) is 6.14. The Morgan fingerprint density at radius 3 is 2.35 bits per heavy atom. The van der Waals surface area contributed by atoms with Crippen LogP contribution in [-0.4, -0.2) is 31.0 Å². The Labute approximate surface area is 203 Å². The summed E-state index contributed by atoms with van der Waals surface area (Å²) in [5.74, 6) is -1.01. The van der Waals surface area contributed by atoms with E-state index in [1.807, 2.05) is 26.0 Å². The number of methoxy groups -OCH3 is 2. The zero-order valence-electron chi connectivity index (χ0n) is 19.3. The normalized spacial score (nSPS) is 17.2. The summed E-state index contributed by atoms with van der Waals surface area (Å²) in [6.07, 6.45) is 0. The average Bonchev–Trinajstić information content (AvgIpc) is 3.10. The second-order valence-electron chi connectivity index (χ2n) is 7.98. The van der Waals surface area contributed by atoms with Crippen molar-refractivity contribution in [1.82, 2.24) is 0 Å². The number of halogens is 1. The molecule has 0 radical (unpaired) electrons. The van der Waals surface area contributed by atoms with Gasteiger partial charge in [0, 0.05) is 16.8 Å². The minimum Gasteiger partial charge on any atom is -0.507 e. The molecule has 1 atom stereocenters. The van der Waals surface area contributed by atoms with Gasteiger partial charge in [-0.05, 0) is 55.3 Å². The molecule has 174 valence electrons. The summed E-state index contributed by atoms with van der Waals surface area (Å²) in [7, 11) is 2.98. The van der Waals surface area contributed by atoms with Gasteiger partial charge in [-0.3, -0.25) is 14.5 Å². The van der Waals surface area contributed by atoms with Crippen LogP contribution in [0.25, 0.3) is 5.76 Å². The van der Waals surface area contributed by atoms with Gasteiger partial charge in [-0.15, -0.1) is 0 Å². The molecule has 0 aromatic heterocycles. The lowest BCUT2D eigenvalue weighted by Crippen LogP contribution is -2.30. The zero-order chi connectivity index (χ0) is 24.6. The van der Waals surface area contributed by atoms with Crippen LogP contribution < -0.4 is 14.4 Å². The number of anilines is 1. The number of Topliss-reactive ketones (excluding diaryl/α,β-unsaturated/α-hetero) is 1. The molecular weight excluding hydrogens is 454 g/mol. The Hall–Kier alpha value is -3.77. The molecule has 7 heteroatoms. The molecule has 1 aliphatic heterocycles. The van der Waals surface area contributed by atoms with E-state index >= 15 is 0 Å². The Bertz CT molecular complexity index is 1330. The maximum atomic E-state index is 13.4. The Morgan fingerprint density at radius 1 is 0.941 bits per heavy atom. The summed E-state index contributed by atoms with van der Waals surface area (Å²) in [6.45, 7) is 3.83. The molecular formula is C27H24ClNO5. The molecule has 0 aliphatic carbocycles. The summed E-state index contributed by atoms with van der Waals surface area (Å²) in [4.78, 5) is 28.2. The van der Waals surface area contributed by atoms with Crippen LogP contribution in [0.1, 0.15) is 28.3 Å². The number of hydrogen-bond acceptors (Lipinski definition) is 5. The molecule has 1 saturated heterocycles. The van der Waals surface area contributed by atoms with Crippen LogP contribution in [-0.2, 0) is 9.59 Å². The second kappa shape index (κ2) is 9.23. The molecule has 34 heavy (non-hydrogen) atoms. The van der Waals surface area contributed by atoms with Crippen LogP contribution in [0.2, 0.25) is 5.02 Å².